The molecule has 146 valence electrons. The third kappa shape index (κ3) is 5.27. The highest BCUT2D eigenvalue weighted by atomic mass is 32.1. The maximum Gasteiger partial charge on any atom is 0.258 e. The first-order valence-corrected chi connectivity index (χ1v) is 9.63. The second-order valence-corrected chi connectivity index (χ2v) is 6.64. The highest BCUT2D eigenvalue weighted by molar-refractivity contribution is 7.80. The molecular formula is C23H21N3O2S. The van der Waals surface area contributed by atoms with Gasteiger partial charge < -0.3 is 10.2 Å². The molecule has 0 radical (unpaired) electrons. The SMILES string of the molecule is CCN(C(=O)c1ccc(NC(=S)NC(=O)c2ccccc2)cc1)c1ccccc1. The summed E-state index contributed by atoms with van der Waals surface area (Å²) in [6, 6.07) is 25.4. The number of carbonyl (C=O) groups excluding carboxylic acids is 2. The van der Waals surface area contributed by atoms with Crippen molar-refractivity contribution < 1.29 is 9.59 Å². The predicted molar refractivity (Wildman–Crippen MR) is 120 cm³/mol. The van der Waals surface area contributed by atoms with E-state index >= 15 is 0 Å². The number of para-hydroxylation sites is 1. The summed E-state index contributed by atoms with van der Waals surface area (Å²) in [4.78, 5) is 26.7. The van der Waals surface area contributed by atoms with Crippen molar-refractivity contribution in [3.8, 4) is 0 Å². The normalized spacial score (nSPS) is 10.1. The number of hydrogen-bond acceptors (Lipinski definition) is 3. The number of benzene rings is 3. The van der Waals surface area contributed by atoms with Gasteiger partial charge in [-0.25, -0.2) is 0 Å². The van der Waals surface area contributed by atoms with Gasteiger partial charge in [0.05, 0.1) is 0 Å². The first-order valence-electron chi connectivity index (χ1n) is 9.23. The van der Waals surface area contributed by atoms with Crippen molar-refractivity contribution in [3.05, 3.63) is 96.1 Å². The molecule has 0 saturated carbocycles. The van der Waals surface area contributed by atoms with E-state index < -0.39 is 0 Å². The van der Waals surface area contributed by atoms with E-state index in [2.05, 4.69) is 10.6 Å². The average molecular weight is 404 g/mol. The van der Waals surface area contributed by atoms with Crippen LogP contribution in [0.4, 0.5) is 11.4 Å². The molecule has 0 aromatic heterocycles. The standard InChI is InChI=1S/C23H21N3O2S/c1-2-26(20-11-7-4-8-12-20)22(28)18-13-15-19(16-14-18)24-23(29)25-21(27)17-9-5-3-6-10-17/h3-16H,2H2,1H3,(H2,24,25,27,29). The third-order valence-corrected chi connectivity index (χ3v) is 4.49. The molecule has 0 aliphatic heterocycles. The minimum Gasteiger partial charge on any atom is -0.332 e. The quantitative estimate of drug-likeness (QED) is 0.617. The zero-order valence-electron chi connectivity index (χ0n) is 16.0. The topological polar surface area (TPSA) is 61.4 Å². The molecule has 0 spiro atoms. The van der Waals surface area contributed by atoms with E-state index in [1.807, 2.05) is 43.3 Å². The molecule has 0 unspecified atom stereocenters. The van der Waals surface area contributed by atoms with Gasteiger partial charge in [0.1, 0.15) is 0 Å². The van der Waals surface area contributed by atoms with Gasteiger partial charge in [-0.3, -0.25) is 14.9 Å². The maximum atomic E-state index is 12.8. The molecule has 3 aromatic rings. The third-order valence-electron chi connectivity index (χ3n) is 4.28. The number of carbonyl (C=O) groups is 2. The Morgan fingerprint density at radius 1 is 0.828 bits per heavy atom. The molecule has 0 saturated heterocycles. The van der Waals surface area contributed by atoms with Crippen molar-refractivity contribution in [2.75, 3.05) is 16.8 Å². The first-order chi connectivity index (χ1) is 14.1. The summed E-state index contributed by atoms with van der Waals surface area (Å²) in [6.45, 7) is 2.51. The fraction of sp³-hybridized carbons (Fsp3) is 0.0870. The second kappa shape index (κ2) is 9.61. The van der Waals surface area contributed by atoms with Crippen LogP contribution in [0.25, 0.3) is 0 Å². The number of hydrogen-bond donors (Lipinski definition) is 2. The Balaban J connectivity index is 1.63. The van der Waals surface area contributed by atoms with E-state index in [4.69, 9.17) is 12.2 Å². The van der Waals surface area contributed by atoms with Gasteiger partial charge in [0.15, 0.2) is 5.11 Å². The van der Waals surface area contributed by atoms with E-state index in [0.717, 1.165) is 5.69 Å². The number of thiocarbonyl (C=S) groups is 1. The van der Waals surface area contributed by atoms with Gasteiger partial charge in [0.2, 0.25) is 0 Å². The van der Waals surface area contributed by atoms with Crippen LogP contribution < -0.4 is 15.5 Å². The number of rotatable bonds is 5. The van der Waals surface area contributed by atoms with Crippen LogP contribution in [0.5, 0.6) is 0 Å². The molecule has 2 N–H and O–H groups in total. The molecular weight excluding hydrogens is 382 g/mol. The lowest BCUT2D eigenvalue weighted by atomic mass is 10.1. The summed E-state index contributed by atoms with van der Waals surface area (Å²) < 4.78 is 0. The van der Waals surface area contributed by atoms with Gasteiger partial charge in [-0.15, -0.1) is 0 Å². The molecule has 0 aliphatic rings. The Morgan fingerprint density at radius 3 is 2.00 bits per heavy atom. The van der Waals surface area contributed by atoms with Gasteiger partial charge >= 0.3 is 0 Å². The Labute approximate surface area is 175 Å². The number of nitrogens with zero attached hydrogens (tertiary/aromatic N) is 1. The average Bonchev–Trinajstić information content (AvgIpc) is 2.76. The van der Waals surface area contributed by atoms with Gasteiger partial charge in [0, 0.05) is 29.0 Å². The summed E-state index contributed by atoms with van der Waals surface area (Å²) >= 11 is 5.20. The van der Waals surface area contributed by atoms with Crippen molar-refractivity contribution >= 4 is 40.5 Å². The minimum atomic E-state index is -0.281. The first kappa shape index (κ1) is 20.2. The number of amides is 2. The molecule has 0 fully saturated rings. The lowest BCUT2D eigenvalue weighted by molar-refractivity contribution is 0.0973. The highest BCUT2D eigenvalue weighted by Crippen LogP contribution is 2.18. The predicted octanol–water partition coefficient (Wildman–Crippen LogP) is 4.48. The van der Waals surface area contributed by atoms with E-state index in [0.29, 0.717) is 23.4 Å². The molecule has 0 aliphatic carbocycles. The maximum absolute atomic E-state index is 12.8. The Bertz CT molecular complexity index is 990. The van der Waals surface area contributed by atoms with Crippen LogP contribution in [0.15, 0.2) is 84.9 Å². The summed E-state index contributed by atoms with van der Waals surface area (Å²) in [5, 5.41) is 5.79. The van der Waals surface area contributed by atoms with Crippen LogP contribution in [-0.4, -0.2) is 23.5 Å². The van der Waals surface area contributed by atoms with Crippen LogP contribution in [0.1, 0.15) is 27.6 Å². The largest absolute Gasteiger partial charge is 0.332 e. The molecule has 0 heterocycles. The molecule has 3 rings (SSSR count). The van der Waals surface area contributed by atoms with E-state index in [-0.39, 0.29) is 16.9 Å². The van der Waals surface area contributed by atoms with Crippen LogP contribution >= 0.6 is 12.2 Å². The fourth-order valence-corrected chi connectivity index (χ4v) is 3.04. The molecule has 0 bridgehead atoms. The van der Waals surface area contributed by atoms with Gasteiger partial charge in [0.25, 0.3) is 11.8 Å². The Hall–Kier alpha value is -3.51. The Kier molecular flexibility index (Phi) is 6.71. The van der Waals surface area contributed by atoms with Crippen LogP contribution in [0, 0.1) is 0 Å². The van der Waals surface area contributed by atoms with Gasteiger partial charge in [-0.05, 0) is 67.7 Å². The van der Waals surface area contributed by atoms with E-state index in [1.54, 1.807) is 53.4 Å². The summed E-state index contributed by atoms with van der Waals surface area (Å²) in [5.41, 5.74) is 2.63. The van der Waals surface area contributed by atoms with Gasteiger partial charge in [-0.2, -0.15) is 0 Å². The molecule has 2 amide bonds. The van der Waals surface area contributed by atoms with Crippen molar-refractivity contribution in [3.63, 3.8) is 0 Å². The van der Waals surface area contributed by atoms with Crippen molar-refractivity contribution in [2.24, 2.45) is 0 Å². The highest BCUT2D eigenvalue weighted by Gasteiger charge is 2.16. The van der Waals surface area contributed by atoms with Crippen molar-refractivity contribution in [1.82, 2.24) is 5.32 Å². The molecule has 0 atom stereocenters. The molecule has 3 aromatic carbocycles. The number of nitrogens with one attached hydrogen (secondary N) is 2. The lowest BCUT2D eigenvalue weighted by Gasteiger charge is -2.21. The zero-order valence-corrected chi connectivity index (χ0v) is 16.8. The van der Waals surface area contributed by atoms with Crippen LogP contribution in [0.3, 0.4) is 0 Å². The summed E-state index contributed by atoms with van der Waals surface area (Å²) in [5.74, 6) is -0.360. The number of anilines is 2. The fourth-order valence-electron chi connectivity index (χ4n) is 2.83. The molecule has 29 heavy (non-hydrogen) atoms. The van der Waals surface area contributed by atoms with E-state index in [1.165, 1.54) is 0 Å². The summed E-state index contributed by atoms with van der Waals surface area (Å²) in [6.07, 6.45) is 0. The Morgan fingerprint density at radius 2 is 1.41 bits per heavy atom. The molecule has 6 heteroatoms. The second-order valence-electron chi connectivity index (χ2n) is 6.24. The smallest absolute Gasteiger partial charge is 0.258 e. The van der Waals surface area contributed by atoms with Crippen LogP contribution in [0.2, 0.25) is 0 Å². The minimum absolute atomic E-state index is 0.0785. The molecule has 5 nitrogen and oxygen atoms in total. The lowest BCUT2D eigenvalue weighted by Crippen LogP contribution is -2.34. The van der Waals surface area contributed by atoms with E-state index in [9.17, 15) is 9.59 Å². The zero-order chi connectivity index (χ0) is 20.6. The van der Waals surface area contributed by atoms with Crippen LogP contribution in [-0.2, 0) is 0 Å². The van der Waals surface area contributed by atoms with Crippen molar-refractivity contribution in [1.29, 1.82) is 0 Å². The monoisotopic (exact) mass is 403 g/mol. The van der Waals surface area contributed by atoms with Gasteiger partial charge in [-0.1, -0.05) is 36.4 Å². The van der Waals surface area contributed by atoms with Crippen molar-refractivity contribution in [2.45, 2.75) is 6.92 Å². The summed E-state index contributed by atoms with van der Waals surface area (Å²) in [7, 11) is 0.